The summed E-state index contributed by atoms with van der Waals surface area (Å²) >= 11 is 0. The fourth-order valence-corrected chi connectivity index (χ4v) is 4.16. The van der Waals surface area contributed by atoms with Gasteiger partial charge in [-0.1, -0.05) is 12.1 Å². The summed E-state index contributed by atoms with van der Waals surface area (Å²) in [5, 5.41) is 6.05. The van der Waals surface area contributed by atoms with Gasteiger partial charge >= 0.3 is 0 Å². The van der Waals surface area contributed by atoms with Gasteiger partial charge in [0.1, 0.15) is 0 Å². The van der Waals surface area contributed by atoms with Crippen LogP contribution in [0.1, 0.15) is 35.7 Å². The quantitative estimate of drug-likeness (QED) is 0.334. The normalized spacial score (nSPS) is 18.4. The molecule has 0 saturated carbocycles. The van der Waals surface area contributed by atoms with Crippen LogP contribution in [0.5, 0.6) is 0 Å². The molecular formula is C22H35IN6O2. The van der Waals surface area contributed by atoms with Gasteiger partial charge in [0.2, 0.25) is 5.91 Å². The molecule has 2 aliphatic rings. The summed E-state index contributed by atoms with van der Waals surface area (Å²) in [5.74, 6) is 1.02. The summed E-state index contributed by atoms with van der Waals surface area (Å²) in [6, 6.07) is 7.52. The molecule has 1 unspecified atom stereocenters. The van der Waals surface area contributed by atoms with Gasteiger partial charge in [0.15, 0.2) is 5.96 Å². The molecule has 0 radical (unpaired) electrons. The highest BCUT2D eigenvalue weighted by molar-refractivity contribution is 14.0. The van der Waals surface area contributed by atoms with Crippen molar-refractivity contribution in [1.29, 1.82) is 0 Å². The molecule has 8 nitrogen and oxygen atoms in total. The molecule has 1 aromatic rings. The summed E-state index contributed by atoms with van der Waals surface area (Å²) < 4.78 is 0. The number of likely N-dealkylation sites (tertiary alicyclic amines) is 1. The van der Waals surface area contributed by atoms with Crippen LogP contribution in [-0.4, -0.2) is 91.9 Å². The van der Waals surface area contributed by atoms with Crippen LogP contribution in [0.2, 0.25) is 0 Å². The highest BCUT2D eigenvalue weighted by Crippen LogP contribution is 2.14. The second-order valence-electron chi connectivity index (χ2n) is 7.91. The van der Waals surface area contributed by atoms with Crippen molar-refractivity contribution in [3.05, 3.63) is 35.4 Å². The maximum absolute atomic E-state index is 12.7. The molecule has 2 amide bonds. The Labute approximate surface area is 202 Å². The van der Waals surface area contributed by atoms with Crippen molar-refractivity contribution in [2.24, 2.45) is 4.99 Å². The second-order valence-corrected chi connectivity index (χ2v) is 7.91. The maximum atomic E-state index is 12.7. The summed E-state index contributed by atoms with van der Waals surface area (Å²) in [4.78, 5) is 35.4. The molecule has 0 aliphatic carbocycles. The van der Waals surface area contributed by atoms with Gasteiger partial charge in [-0.3, -0.25) is 19.5 Å². The lowest BCUT2D eigenvalue weighted by Gasteiger charge is -2.39. The summed E-state index contributed by atoms with van der Waals surface area (Å²) in [5.41, 5.74) is 1.68. The Morgan fingerprint density at radius 3 is 2.35 bits per heavy atom. The molecule has 31 heavy (non-hydrogen) atoms. The number of nitrogens with one attached hydrogen (secondary N) is 2. The van der Waals surface area contributed by atoms with E-state index in [2.05, 4.69) is 25.4 Å². The number of nitrogens with zero attached hydrogens (tertiary/aromatic N) is 4. The number of piperazine rings is 1. The second kappa shape index (κ2) is 12.2. The maximum Gasteiger partial charge on any atom is 0.251 e. The Morgan fingerprint density at radius 2 is 1.74 bits per heavy atom. The Kier molecular flexibility index (Phi) is 10.0. The lowest BCUT2D eigenvalue weighted by Crippen LogP contribution is -2.57. The zero-order valence-electron chi connectivity index (χ0n) is 18.8. The molecule has 2 N–H and O–H groups in total. The van der Waals surface area contributed by atoms with Crippen LogP contribution in [0.25, 0.3) is 0 Å². The van der Waals surface area contributed by atoms with Crippen molar-refractivity contribution in [3.63, 3.8) is 0 Å². The Morgan fingerprint density at radius 1 is 1.06 bits per heavy atom. The van der Waals surface area contributed by atoms with Gasteiger partial charge in [0.05, 0.1) is 6.04 Å². The minimum absolute atomic E-state index is 0. The highest BCUT2D eigenvalue weighted by Gasteiger charge is 2.30. The van der Waals surface area contributed by atoms with Crippen molar-refractivity contribution >= 4 is 41.8 Å². The molecule has 2 aliphatic heterocycles. The highest BCUT2D eigenvalue weighted by atomic mass is 127. The van der Waals surface area contributed by atoms with E-state index in [4.69, 9.17) is 0 Å². The van der Waals surface area contributed by atoms with Crippen LogP contribution in [0.15, 0.2) is 29.3 Å². The first-order valence-electron chi connectivity index (χ1n) is 10.8. The smallest absolute Gasteiger partial charge is 0.251 e. The fourth-order valence-electron chi connectivity index (χ4n) is 4.16. The van der Waals surface area contributed by atoms with E-state index in [0.29, 0.717) is 12.1 Å². The van der Waals surface area contributed by atoms with Crippen molar-refractivity contribution in [1.82, 2.24) is 25.3 Å². The van der Waals surface area contributed by atoms with Gasteiger partial charge in [-0.25, -0.2) is 0 Å². The number of guanidine groups is 1. The first kappa shape index (κ1) is 25.4. The first-order chi connectivity index (χ1) is 14.5. The average molecular weight is 542 g/mol. The molecule has 172 valence electrons. The third kappa shape index (κ3) is 6.55. The lowest BCUT2D eigenvalue weighted by atomic mass is 10.1. The third-order valence-electron chi connectivity index (χ3n) is 6.02. The van der Waals surface area contributed by atoms with Gasteiger partial charge in [-0.15, -0.1) is 24.0 Å². The van der Waals surface area contributed by atoms with Crippen LogP contribution in [-0.2, 0) is 11.3 Å². The van der Waals surface area contributed by atoms with E-state index in [1.165, 1.54) is 0 Å². The minimum atomic E-state index is -0.0880. The lowest BCUT2D eigenvalue weighted by molar-refractivity contribution is -0.135. The molecule has 0 bridgehead atoms. The van der Waals surface area contributed by atoms with Crippen LogP contribution < -0.4 is 10.6 Å². The van der Waals surface area contributed by atoms with Crippen LogP contribution in [0.3, 0.4) is 0 Å². The zero-order valence-corrected chi connectivity index (χ0v) is 21.1. The monoisotopic (exact) mass is 542 g/mol. The third-order valence-corrected chi connectivity index (χ3v) is 6.02. The molecule has 0 spiro atoms. The molecule has 3 rings (SSSR count). The van der Waals surface area contributed by atoms with E-state index in [0.717, 1.165) is 63.6 Å². The van der Waals surface area contributed by atoms with E-state index in [1.54, 1.807) is 20.2 Å². The van der Waals surface area contributed by atoms with Crippen molar-refractivity contribution < 1.29 is 9.59 Å². The summed E-state index contributed by atoms with van der Waals surface area (Å²) in [6.07, 6.45) is 2.25. The molecule has 9 heteroatoms. The van der Waals surface area contributed by atoms with Gasteiger partial charge in [-0.05, 0) is 37.5 Å². The minimum Gasteiger partial charge on any atom is -0.355 e. The number of halogens is 1. The number of carbonyl (C=O) groups is 2. The average Bonchev–Trinajstić information content (AvgIpc) is 3.33. The molecule has 2 saturated heterocycles. The number of hydrogen-bond donors (Lipinski definition) is 2. The summed E-state index contributed by atoms with van der Waals surface area (Å²) in [6.45, 7) is 7.78. The van der Waals surface area contributed by atoms with Crippen LogP contribution in [0, 0.1) is 0 Å². The Balaban J connectivity index is 0.00000341. The number of rotatable bonds is 5. The number of hydrogen-bond acceptors (Lipinski definition) is 4. The molecular weight excluding hydrogens is 507 g/mol. The van der Waals surface area contributed by atoms with E-state index in [-0.39, 0.29) is 41.8 Å². The molecule has 1 atom stereocenters. The molecule has 2 fully saturated rings. The van der Waals surface area contributed by atoms with E-state index >= 15 is 0 Å². The predicted molar refractivity (Wildman–Crippen MR) is 134 cm³/mol. The van der Waals surface area contributed by atoms with Crippen molar-refractivity contribution in [2.45, 2.75) is 32.4 Å². The van der Waals surface area contributed by atoms with Gasteiger partial charge < -0.3 is 20.4 Å². The molecule has 1 aromatic carbocycles. The predicted octanol–water partition coefficient (Wildman–Crippen LogP) is 1.37. The van der Waals surface area contributed by atoms with E-state index in [1.807, 2.05) is 30.0 Å². The van der Waals surface area contributed by atoms with Gasteiger partial charge in [-0.2, -0.15) is 0 Å². The van der Waals surface area contributed by atoms with E-state index < -0.39 is 0 Å². The number of carbonyl (C=O) groups excluding carboxylic acids is 2. The van der Waals surface area contributed by atoms with Crippen molar-refractivity contribution in [2.75, 3.05) is 53.4 Å². The zero-order chi connectivity index (χ0) is 21.5. The largest absolute Gasteiger partial charge is 0.355 e. The van der Waals surface area contributed by atoms with Crippen LogP contribution in [0.4, 0.5) is 0 Å². The molecule has 2 heterocycles. The Hall–Kier alpha value is -1.88. The topological polar surface area (TPSA) is 80.3 Å². The first-order valence-corrected chi connectivity index (χ1v) is 10.8. The fraction of sp³-hybridized carbons (Fsp3) is 0.591. The SMILES string of the molecule is CN=C(NCc1cccc(C(=O)NC)c1)N1CCN(C(C)C(=O)N2CCCC2)CC1.I. The number of benzene rings is 1. The standard InChI is InChI=1S/C22H34N6O2.HI/c1-17(21(30)27-9-4-5-10-27)26-11-13-28(14-12-26)22(24-3)25-16-18-7-6-8-19(15-18)20(29)23-2;/h6-8,15,17H,4-5,9-14,16H2,1-3H3,(H,23,29)(H,24,25);1H. The van der Waals surface area contributed by atoms with Gasteiger partial charge in [0, 0.05) is 65.5 Å². The number of aliphatic imine (C=N–C) groups is 1. The van der Waals surface area contributed by atoms with Crippen molar-refractivity contribution in [3.8, 4) is 0 Å². The molecule has 0 aromatic heterocycles. The Bertz CT molecular complexity index is 773. The number of amides is 2. The van der Waals surface area contributed by atoms with Gasteiger partial charge in [0.25, 0.3) is 5.91 Å². The summed E-state index contributed by atoms with van der Waals surface area (Å²) in [7, 11) is 3.42. The van der Waals surface area contributed by atoms with E-state index in [9.17, 15) is 9.59 Å². The van der Waals surface area contributed by atoms with Crippen LogP contribution >= 0.6 is 24.0 Å².